The highest BCUT2D eigenvalue weighted by Crippen LogP contribution is 2.63. The minimum absolute atomic E-state index is 0.00158. The zero-order valence-electron chi connectivity index (χ0n) is 38.7. The molecule has 0 radical (unpaired) electrons. The smallest absolute Gasteiger partial charge is 0.263 e. The van der Waals surface area contributed by atoms with Gasteiger partial charge in [-0.2, -0.15) is 0 Å². The van der Waals surface area contributed by atoms with E-state index in [1.165, 1.54) is 60.8 Å². The lowest BCUT2D eigenvalue weighted by Gasteiger charge is -2.30. The van der Waals surface area contributed by atoms with Crippen LogP contribution >= 0.6 is 0 Å². The molecule has 4 aromatic heterocycles. The van der Waals surface area contributed by atoms with Crippen LogP contribution in [0.5, 0.6) is 0 Å². The van der Waals surface area contributed by atoms with E-state index in [0.717, 1.165) is 93.4 Å². The first kappa shape index (κ1) is 38.4. The molecule has 0 saturated carbocycles. The fourth-order valence-corrected chi connectivity index (χ4v) is 13.6. The molecule has 0 amide bonds. The number of hydrogen-bond donors (Lipinski definition) is 0. The number of furan rings is 1. The van der Waals surface area contributed by atoms with Gasteiger partial charge in [-0.25, -0.2) is 0 Å². The third-order valence-electron chi connectivity index (χ3n) is 16.5. The van der Waals surface area contributed by atoms with E-state index in [0.29, 0.717) is 0 Å². The van der Waals surface area contributed by atoms with E-state index in [-0.39, 0.29) is 5.56 Å². The Hall–Kier alpha value is -9.51. The van der Waals surface area contributed by atoms with Gasteiger partial charge in [0.2, 0.25) is 0 Å². The van der Waals surface area contributed by atoms with Gasteiger partial charge in [-0.15, -0.1) is 0 Å². The van der Waals surface area contributed by atoms with Crippen LogP contribution in [0.25, 0.3) is 132 Å². The van der Waals surface area contributed by atoms with Gasteiger partial charge in [-0.1, -0.05) is 158 Å². The van der Waals surface area contributed by atoms with Crippen LogP contribution in [0.4, 0.5) is 0 Å². The van der Waals surface area contributed by atoms with E-state index >= 15 is 0 Å². The maximum Gasteiger partial charge on any atom is 0.263 e. The maximum absolute atomic E-state index is 14.5. The van der Waals surface area contributed by atoms with E-state index in [4.69, 9.17) is 4.42 Å². The van der Waals surface area contributed by atoms with Crippen molar-refractivity contribution >= 4 is 81.7 Å². The van der Waals surface area contributed by atoms with Crippen LogP contribution in [0.15, 0.2) is 240 Å². The summed E-state index contributed by atoms with van der Waals surface area (Å²) in [5.74, 6) is 0. The van der Waals surface area contributed by atoms with Crippen LogP contribution in [-0.4, -0.2) is 8.97 Å². The number of fused-ring (bicyclic) bond motifs is 21. The normalized spacial score (nSPS) is 13.4. The third-order valence-corrected chi connectivity index (χ3v) is 16.5. The van der Waals surface area contributed by atoms with Gasteiger partial charge in [-0.3, -0.25) is 9.20 Å². The second kappa shape index (κ2) is 13.6. The molecule has 72 heavy (non-hydrogen) atoms. The molecule has 0 atom stereocenters. The van der Waals surface area contributed by atoms with Crippen molar-refractivity contribution in [1.82, 2.24) is 8.97 Å². The first-order valence-electron chi connectivity index (χ1n) is 24.8. The van der Waals surface area contributed by atoms with Crippen molar-refractivity contribution in [2.75, 3.05) is 0 Å². The molecule has 0 unspecified atom stereocenters. The summed E-state index contributed by atoms with van der Waals surface area (Å²) < 4.78 is 11.1. The van der Waals surface area contributed by atoms with Gasteiger partial charge >= 0.3 is 0 Å². The van der Waals surface area contributed by atoms with Crippen LogP contribution in [0.1, 0.15) is 22.3 Å². The Morgan fingerprint density at radius 1 is 0.333 bits per heavy atom. The number of para-hydroxylation sites is 1. The number of hydrogen-bond acceptors (Lipinski definition) is 2. The Morgan fingerprint density at radius 3 is 1.71 bits per heavy atom. The SMILES string of the molecule is O=c1c2ccccc2c2cc(-c3ccccc3)cc3c4cc(-c5cccc6oc7ccc(-n8c9ccccc9c9cc%10c(cc98)-c8ccccc8C%108c9ccccc9-c9ccccc98)cc7c56)ccc4n1c23. The predicted octanol–water partition coefficient (Wildman–Crippen LogP) is 16.9. The Balaban J connectivity index is 0.897. The fraction of sp³-hybridized carbons (Fsp3) is 0.0147. The van der Waals surface area contributed by atoms with Crippen LogP contribution in [0.2, 0.25) is 0 Å². The molecule has 0 saturated heterocycles. The van der Waals surface area contributed by atoms with Gasteiger partial charge in [0.05, 0.1) is 27.5 Å². The van der Waals surface area contributed by atoms with Gasteiger partial charge < -0.3 is 8.98 Å². The molecule has 4 nitrogen and oxygen atoms in total. The van der Waals surface area contributed by atoms with Crippen molar-refractivity contribution < 1.29 is 4.42 Å². The second-order valence-electron chi connectivity index (χ2n) is 19.8. The average molecular weight is 915 g/mol. The van der Waals surface area contributed by atoms with E-state index in [1.807, 2.05) is 22.6 Å². The van der Waals surface area contributed by atoms with Gasteiger partial charge in [-0.05, 0) is 145 Å². The molecular weight excluding hydrogens is 877 g/mol. The van der Waals surface area contributed by atoms with Crippen LogP contribution in [0, 0.1) is 0 Å². The number of aromatic nitrogens is 2. The van der Waals surface area contributed by atoms with E-state index < -0.39 is 5.41 Å². The van der Waals surface area contributed by atoms with Crippen LogP contribution in [0.3, 0.4) is 0 Å². The molecule has 0 fully saturated rings. The van der Waals surface area contributed by atoms with Crippen molar-refractivity contribution in [2.24, 2.45) is 0 Å². The molecule has 1 spiro atoms. The second-order valence-corrected chi connectivity index (χ2v) is 19.8. The standard InChI is InChI=1S/C68H38N2O2/c71-67-49-22-5-4-17-44(49)53-34-41(39-15-2-1-3-16-39)35-54-51-33-40(29-31-61(51)70(67)66(53)54)43-23-14-28-64-65(43)55-36-42(30-32-63(55)72-64)69-60-27-13-9-21-48(60)52-37-59-50(38-62(52)69)47-20-8-12-26-58(47)68(59)56-24-10-6-18-45(56)46-19-7-11-25-57(46)68/h1-38H. The number of pyridine rings is 1. The van der Waals surface area contributed by atoms with Gasteiger partial charge in [0.25, 0.3) is 5.56 Å². The molecule has 0 bridgehead atoms. The molecule has 2 aliphatic carbocycles. The molecule has 4 heterocycles. The average Bonchev–Trinajstić information content (AvgIpc) is 4.23. The van der Waals surface area contributed by atoms with Gasteiger partial charge in [0.15, 0.2) is 0 Å². The molecule has 2 aliphatic rings. The Bertz CT molecular complexity index is 4910. The largest absolute Gasteiger partial charge is 0.456 e. The highest BCUT2D eigenvalue weighted by atomic mass is 16.3. The zero-order valence-corrected chi connectivity index (χ0v) is 38.7. The lowest BCUT2D eigenvalue weighted by molar-refractivity contribution is 0.669. The third kappa shape index (κ3) is 4.70. The van der Waals surface area contributed by atoms with Crippen molar-refractivity contribution in [3.05, 3.63) is 263 Å². The summed E-state index contributed by atoms with van der Waals surface area (Å²) >= 11 is 0. The van der Waals surface area contributed by atoms with Crippen LogP contribution < -0.4 is 5.56 Å². The molecule has 0 aliphatic heterocycles. The number of nitrogens with zero attached hydrogens (tertiary/aromatic N) is 2. The molecular formula is C68H38N2O2. The molecule has 11 aromatic carbocycles. The monoisotopic (exact) mass is 914 g/mol. The van der Waals surface area contributed by atoms with E-state index in [2.05, 4.69) is 217 Å². The van der Waals surface area contributed by atoms with E-state index in [9.17, 15) is 4.79 Å². The lowest BCUT2D eigenvalue weighted by Crippen LogP contribution is -2.25. The van der Waals surface area contributed by atoms with Crippen molar-refractivity contribution in [1.29, 1.82) is 0 Å². The quantitative estimate of drug-likeness (QED) is 0.166. The van der Waals surface area contributed by atoms with Gasteiger partial charge in [0.1, 0.15) is 11.2 Å². The lowest BCUT2D eigenvalue weighted by atomic mass is 9.70. The molecule has 4 heteroatoms. The summed E-state index contributed by atoms with van der Waals surface area (Å²) in [5, 5.41) is 9.42. The summed E-state index contributed by atoms with van der Waals surface area (Å²) in [6.07, 6.45) is 0. The minimum atomic E-state index is -0.428. The van der Waals surface area contributed by atoms with Crippen molar-refractivity contribution in [3.8, 4) is 50.2 Å². The summed E-state index contributed by atoms with van der Waals surface area (Å²) in [4.78, 5) is 14.5. The van der Waals surface area contributed by atoms with E-state index in [1.54, 1.807) is 0 Å². The van der Waals surface area contributed by atoms with Crippen molar-refractivity contribution in [2.45, 2.75) is 5.41 Å². The predicted molar refractivity (Wildman–Crippen MR) is 296 cm³/mol. The van der Waals surface area contributed by atoms with Crippen LogP contribution in [-0.2, 0) is 5.41 Å². The Morgan fingerprint density at radius 2 is 0.944 bits per heavy atom. The van der Waals surface area contributed by atoms with Gasteiger partial charge in [0, 0.05) is 48.8 Å². The zero-order chi connectivity index (χ0) is 47.0. The first-order valence-corrected chi connectivity index (χ1v) is 24.8. The minimum Gasteiger partial charge on any atom is -0.456 e. The van der Waals surface area contributed by atoms with Crippen molar-refractivity contribution in [3.63, 3.8) is 0 Å². The fourth-order valence-electron chi connectivity index (χ4n) is 13.6. The summed E-state index contributed by atoms with van der Waals surface area (Å²) in [7, 11) is 0. The highest BCUT2D eigenvalue weighted by Gasteiger charge is 2.51. The Kier molecular flexibility index (Phi) is 7.26. The topological polar surface area (TPSA) is 39.5 Å². The summed E-state index contributed by atoms with van der Waals surface area (Å²) in [6.45, 7) is 0. The Labute approximate surface area is 411 Å². The molecule has 17 rings (SSSR count). The first-order chi connectivity index (χ1) is 35.6. The maximum atomic E-state index is 14.5. The number of rotatable bonds is 3. The molecule has 15 aromatic rings. The molecule has 0 N–H and O–H groups in total. The number of benzene rings is 11. The molecule has 332 valence electrons. The summed E-state index contributed by atoms with van der Waals surface area (Å²) in [6, 6.07) is 83.7. The summed E-state index contributed by atoms with van der Waals surface area (Å²) in [5.41, 5.74) is 21.4. The highest BCUT2D eigenvalue weighted by molar-refractivity contribution is 6.23.